The zero-order chi connectivity index (χ0) is 12.3. The number of rotatable bonds is 4. The summed E-state index contributed by atoms with van der Waals surface area (Å²) in [7, 11) is 0. The normalized spacial score (nSPS) is 18.5. The molecule has 2 rings (SSSR count). The molecular weight excluding hydrogens is 206 g/mol. The minimum Gasteiger partial charge on any atom is -0.327 e. The molecule has 0 aliphatic heterocycles. The monoisotopic (exact) mass is 231 g/mol. The zero-order valence-electron chi connectivity index (χ0n) is 11.2. The fourth-order valence-corrected chi connectivity index (χ4v) is 3.01. The van der Waals surface area contributed by atoms with Crippen molar-refractivity contribution in [1.82, 2.24) is 0 Å². The van der Waals surface area contributed by atoms with Crippen molar-refractivity contribution in [2.24, 2.45) is 11.7 Å². The molecule has 1 fully saturated rings. The maximum absolute atomic E-state index is 6.31. The van der Waals surface area contributed by atoms with E-state index in [9.17, 15) is 0 Å². The molecule has 0 amide bonds. The first-order chi connectivity index (χ1) is 8.16. The van der Waals surface area contributed by atoms with Gasteiger partial charge in [0.1, 0.15) is 0 Å². The Labute approximate surface area is 105 Å². The molecule has 0 aromatic heterocycles. The van der Waals surface area contributed by atoms with E-state index >= 15 is 0 Å². The van der Waals surface area contributed by atoms with Crippen molar-refractivity contribution >= 4 is 0 Å². The average Bonchev–Trinajstić information content (AvgIpc) is 2.83. The number of hydrogen-bond donors (Lipinski definition) is 1. The molecule has 1 aliphatic carbocycles. The maximum Gasteiger partial charge on any atom is 0.00703 e. The lowest BCUT2D eigenvalue weighted by molar-refractivity contribution is 0.410. The molecule has 1 nitrogen and oxygen atoms in total. The molecule has 1 unspecified atom stereocenters. The summed E-state index contributed by atoms with van der Waals surface area (Å²) in [4.78, 5) is 0. The van der Waals surface area contributed by atoms with E-state index in [2.05, 4.69) is 32.0 Å². The van der Waals surface area contributed by atoms with Crippen molar-refractivity contribution < 1.29 is 0 Å². The number of aryl methyl sites for hydroxylation is 3. The van der Waals surface area contributed by atoms with Crippen LogP contribution in [0.2, 0.25) is 0 Å². The van der Waals surface area contributed by atoms with Gasteiger partial charge < -0.3 is 5.73 Å². The Hall–Kier alpha value is -0.820. The molecular formula is C16H25N. The molecule has 0 bridgehead atoms. The molecule has 1 aromatic carbocycles. The van der Waals surface area contributed by atoms with Gasteiger partial charge in [-0.3, -0.25) is 0 Å². The molecule has 1 aromatic rings. The van der Waals surface area contributed by atoms with Gasteiger partial charge >= 0.3 is 0 Å². The van der Waals surface area contributed by atoms with Crippen LogP contribution in [-0.4, -0.2) is 6.04 Å². The first-order valence-electron chi connectivity index (χ1n) is 6.98. The molecule has 0 spiro atoms. The Kier molecular flexibility index (Phi) is 4.22. The molecule has 1 saturated carbocycles. The van der Waals surface area contributed by atoms with E-state index in [0.29, 0.717) is 6.04 Å². The third-order valence-electron chi connectivity index (χ3n) is 4.26. The summed E-state index contributed by atoms with van der Waals surface area (Å²) in [5.74, 6) is 0.792. The number of hydrogen-bond acceptors (Lipinski definition) is 1. The second-order valence-electron chi connectivity index (χ2n) is 5.68. The maximum atomic E-state index is 6.31. The summed E-state index contributed by atoms with van der Waals surface area (Å²) >= 11 is 0. The standard InChI is InChI=1S/C16H25N/c1-12-7-8-13(2)15(11-12)9-10-16(17)14-5-3-4-6-14/h7-8,11,14,16H,3-6,9-10,17H2,1-2H3. The van der Waals surface area contributed by atoms with Crippen LogP contribution in [0.4, 0.5) is 0 Å². The van der Waals surface area contributed by atoms with Crippen LogP contribution >= 0.6 is 0 Å². The van der Waals surface area contributed by atoms with Gasteiger partial charge in [0.25, 0.3) is 0 Å². The van der Waals surface area contributed by atoms with Crippen molar-refractivity contribution in [3.05, 3.63) is 34.9 Å². The molecule has 94 valence electrons. The van der Waals surface area contributed by atoms with Crippen molar-refractivity contribution in [2.75, 3.05) is 0 Å². The molecule has 17 heavy (non-hydrogen) atoms. The highest BCUT2D eigenvalue weighted by Gasteiger charge is 2.21. The predicted molar refractivity (Wildman–Crippen MR) is 74.2 cm³/mol. The van der Waals surface area contributed by atoms with Crippen molar-refractivity contribution in [3.8, 4) is 0 Å². The van der Waals surface area contributed by atoms with Gasteiger partial charge in [-0.15, -0.1) is 0 Å². The fraction of sp³-hybridized carbons (Fsp3) is 0.625. The number of benzene rings is 1. The minimum absolute atomic E-state index is 0.414. The van der Waals surface area contributed by atoms with Gasteiger partial charge in [-0.25, -0.2) is 0 Å². The summed E-state index contributed by atoms with van der Waals surface area (Å²) in [5.41, 5.74) is 10.6. The van der Waals surface area contributed by atoms with E-state index in [4.69, 9.17) is 5.73 Å². The van der Waals surface area contributed by atoms with Gasteiger partial charge in [-0.1, -0.05) is 36.6 Å². The summed E-state index contributed by atoms with van der Waals surface area (Å²) in [5, 5.41) is 0. The Morgan fingerprint density at radius 3 is 2.65 bits per heavy atom. The second-order valence-corrected chi connectivity index (χ2v) is 5.68. The Morgan fingerprint density at radius 1 is 1.24 bits per heavy atom. The van der Waals surface area contributed by atoms with Crippen LogP contribution in [0.15, 0.2) is 18.2 Å². The van der Waals surface area contributed by atoms with Crippen LogP contribution < -0.4 is 5.73 Å². The fourth-order valence-electron chi connectivity index (χ4n) is 3.01. The van der Waals surface area contributed by atoms with E-state index in [0.717, 1.165) is 18.8 Å². The van der Waals surface area contributed by atoms with E-state index in [-0.39, 0.29) is 0 Å². The summed E-state index contributed by atoms with van der Waals surface area (Å²) in [6.45, 7) is 4.37. The largest absolute Gasteiger partial charge is 0.327 e. The first-order valence-corrected chi connectivity index (χ1v) is 6.98. The minimum atomic E-state index is 0.414. The number of nitrogens with two attached hydrogens (primary N) is 1. The first kappa shape index (κ1) is 12.6. The van der Waals surface area contributed by atoms with Crippen LogP contribution in [0.25, 0.3) is 0 Å². The van der Waals surface area contributed by atoms with Gasteiger partial charge in [0.2, 0.25) is 0 Å². The smallest absolute Gasteiger partial charge is 0.00703 e. The Bertz CT molecular complexity index is 364. The SMILES string of the molecule is Cc1ccc(C)c(CCC(N)C2CCCC2)c1. The van der Waals surface area contributed by atoms with Crippen LogP contribution in [0, 0.1) is 19.8 Å². The third-order valence-corrected chi connectivity index (χ3v) is 4.26. The quantitative estimate of drug-likeness (QED) is 0.839. The highest BCUT2D eigenvalue weighted by Crippen LogP contribution is 2.28. The second kappa shape index (κ2) is 5.68. The van der Waals surface area contributed by atoms with Crippen LogP contribution in [0.5, 0.6) is 0 Å². The van der Waals surface area contributed by atoms with Crippen molar-refractivity contribution in [3.63, 3.8) is 0 Å². The molecule has 1 heteroatoms. The third kappa shape index (κ3) is 3.32. The van der Waals surface area contributed by atoms with Gasteiger partial charge in [0, 0.05) is 6.04 Å². The van der Waals surface area contributed by atoms with Crippen LogP contribution in [0.1, 0.15) is 48.8 Å². The Morgan fingerprint density at radius 2 is 1.94 bits per heavy atom. The molecule has 0 saturated heterocycles. The topological polar surface area (TPSA) is 26.0 Å². The summed E-state index contributed by atoms with van der Waals surface area (Å²) < 4.78 is 0. The lowest BCUT2D eigenvalue weighted by atomic mass is 9.92. The zero-order valence-corrected chi connectivity index (χ0v) is 11.2. The van der Waals surface area contributed by atoms with Gasteiger partial charge in [0.05, 0.1) is 0 Å². The average molecular weight is 231 g/mol. The predicted octanol–water partition coefficient (Wildman–Crippen LogP) is 3.75. The van der Waals surface area contributed by atoms with Gasteiger partial charge in [0.15, 0.2) is 0 Å². The van der Waals surface area contributed by atoms with E-state index < -0.39 is 0 Å². The highest BCUT2D eigenvalue weighted by molar-refractivity contribution is 5.30. The van der Waals surface area contributed by atoms with Crippen LogP contribution in [-0.2, 0) is 6.42 Å². The molecule has 2 N–H and O–H groups in total. The van der Waals surface area contributed by atoms with Crippen molar-refractivity contribution in [1.29, 1.82) is 0 Å². The van der Waals surface area contributed by atoms with Gasteiger partial charge in [-0.2, -0.15) is 0 Å². The van der Waals surface area contributed by atoms with E-state index in [1.54, 1.807) is 0 Å². The summed E-state index contributed by atoms with van der Waals surface area (Å²) in [6.07, 6.45) is 7.78. The Balaban J connectivity index is 1.90. The lowest BCUT2D eigenvalue weighted by Crippen LogP contribution is -2.28. The highest BCUT2D eigenvalue weighted by atomic mass is 14.6. The van der Waals surface area contributed by atoms with Crippen LogP contribution in [0.3, 0.4) is 0 Å². The molecule has 1 atom stereocenters. The molecule has 0 radical (unpaired) electrons. The summed E-state index contributed by atoms with van der Waals surface area (Å²) in [6, 6.07) is 7.15. The molecule has 0 heterocycles. The lowest BCUT2D eigenvalue weighted by Gasteiger charge is -2.19. The van der Waals surface area contributed by atoms with E-state index in [1.807, 2.05) is 0 Å². The van der Waals surface area contributed by atoms with Crippen molar-refractivity contribution in [2.45, 2.75) is 58.4 Å². The van der Waals surface area contributed by atoms with E-state index in [1.165, 1.54) is 42.4 Å². The molecule has 1 aliphatic rings. The van der Waals surface area contributed by atoms with Gasteiger partial charge in [-0.05, 0) is 56.6 Å².